The molecule has 2 atom stereocenters. The van der Waals surface area contributed by atoms with E-state index in [-0.39, 0.29) is 18.3 Å². The Bertz CT molecular complexity index is 542. The van der Waals surface area contributed by atoms with Gasteiger partial charge in [0.2, 0.25) is 5.91 Å². The summed E-state index contributed by atoms with van der Waals surface area (Å²) in [6, 6.07) is 4.62. The fraction of sp³-hybridized carbons (Fsp3) is 0.562. The highest BCUT2D eigenvalue weighted by Gasteiger charge is 2.35. The van der Waals surface area contributed by atoms with Crippen LogP contribution in [0.15, 0.2) is 24.3 Å². The van der Waals surface area contributed by atoms with Crippen molar-refractivity contribution in [1.82, 2.24) is 10.6 Å². The van der Waals surface area contributed by atoms with E-state index in [1.807, 2.05) is 6.92 Å². The molecular formula is C16H22ClF3N2O. The summed E-state index contributed by atoms with van der Waals surface area (Å²) < 4.78 is 38.3. The number of amides is 1. The maximum absolute atomic E-state index is 12.8. The molecule has 0 aromatic heterocycles. The van der Waals surface area contributed by atoms with Crippen LogP contribution in [-0.2, 0) is 11.0 Å². The number of hydrogen-bond donors (Lipinski definition) is 2. The van der Waals surface area contributed by atoms with Gasteiger partial charge in [0.25, 0.3) is 0 Å². The van der Waals surface area contributed by atoms with Gasteiger partial charge in [0.1, 0.15) is 0 Å². The van der Waals surface area contributed by atoms with Crippen molar-refractivity contribution in [3.8, 4) is 0 Å². The summed E-state index contributed by atoms with van der Waals surface area (Å²) >= 11 is 0. The molecule has 2 N–H and O–H groups in total. The molecule has 3 nitrogen and oxygen atoms in total. The number of carbonyl (C=O) groups excluding carboxylic acids is 1. The molecule has 1 amide bonds. The standard InChI is InChI=1S/C16H21F3N2O.ClH/c1-11(12-5-3-6-13(9-12)16(17,18)19)21-14(22)15(2)7-4-8-20-10-15;/h3,5-6,9,11,20H,4,7-8,10H2,1-2H3,(H,21,22);1H. The first-order chi connectivity index (χ1) is 10.2. The lowest BCUT2D eigenvalue weighted by molar-refractivity contribution is -0.137. The highest BCUT2D eigenvalue weighted by molar-refractivity contribution is 5.85. The highest BCUT2D eigenvalue weighted by Crippen LogP contribution is 2.31. The lowest BCUT2D eigenvalue weighted by atomic mass is 9.81. The summed E-state index contributed by atoms with van der Waals surface area (Å²) in [5.41, 5.74) is -0.749. The van der Waals surface area contributed by atoms with Crippen molar-refractivity contribution in [1.29, 1.82) is 0 Å². The zero-order valence-corrected chi connectivity index (χ0v) is 14.0. The molecular weight excluding hydrogens is 329 g/mol. The van der Waals surface area contributed by atoms with Crippen LogP contribution in [0.2, 0.25) is 0 Å². The van der Waals surface area contributed by atoms with Crippen LogP contribution in [0.25, 0.3) is 0 Å². The molecule has 1 aliphatic rings. The third kappa shape index (κ3) is 4.85. The monoisotopic (exact) mass is 350 g/mol. The molecule has 2 rings (SSSR count). The Hall–Kier alpha value is -1.27. The molecule has 0 aliphatic carbocycles. The third-order valence-corrected chi connectivity index (χ3v) is 4.21. The Morgan fingerprint density at radius 1 is 1.39 bits per heavy atom. The van der Waals surface area contributed by atoms with Crippen LogP contribution in [-0.4, -0.2) is 19.0 Å². The first-order valence-corrected chi connectivity index (χ1v) is 7.41. The minimum Gasteiger partial charge on any atom is -0.349 e. The number of alkyl halides is 3. The van der Waals surface area contributed by atoms with Crippen LogP contribution < -0.4 is 10.6 Å². The largest absolute Gasteiger partial charge is 0.416 e. The minimum absolute atomic E-state index is 0. The second-order valence-electron chi connectivity index (χ2n) is 6.16. The van der Waals surface area contributed by atoms with Crippen molar-refractivity contribution in [2.75, 3.05) is 13.1 Å². The van der Waals surface area contributed by atoms with E-state index in [4.69, 9.17) is 0 Å². The van der Waals surface area contributed by atoms with Crippen molar-refractivity contribution >= 4 is 18.3 Å². The summed E-state index contributed by atoms with van der Waals surface area (Å²) in [5.74, 6) is -0.121. The van der Waals surface area contributed by atoms with Crippen LogP contribution in [0.3, 0.4) is 0 Å². The number of benzene rings is 1. The van der Waals surface area contributed by atoms with Gasteiger partial charge in [-0.25, -0.2) is 0 Å². The third-order valence-electron chi connectivity index (χ3n) is 4.21. The molecule has 0 saturated carbocycles. The zero-order valence-electron chi connectivity index (χ0n) is 13.2. The molecule has 1 fully saturated rings. The molecule has 0 bridgehead atoms. The van der Waals surface area contributed by atoms with Crippen LogP contribution in [0.1, 0.15) is 43.9 Å². The topological polar surface area (TPSA) is 41.1 Å². The second kappa shape index (κ2) is 7.53. The van der Waals surface area contributed by atoms with Crippen molar-refractivity contribution in [2.45, 2.75) is 38.9 Å². The van der Waals surface area contributed by atoms with E-state index in [1.165, 1.54) is 6.07 Å². The fourth-order valence-electron chi connectivity index (χ4n) is 2.69. The Labute approximate surface area is 140 Å². The van der Waals surface area contributed by atoms with Gasteiger partial charge in [0.05, 0.1) is 17.0 Å². The van der Waals surface area contributed by atoms with Gasteiger partial charge in [-0.15, -0.1) is 12.4 Å². The molecule has 1 heterocycles. The normalized spacial score (nSPS) is 22.8. The van der Waals surface area contributed by atoms with Crippen molar-refractivity contribution in [3.05, 3.63) is 35.4 Å². The average molecular weight is 351 g/mol. The number of carbonyl (C=O) groups is 1. The lowest BCUT2D eigenvalue weighted by Crippen LogP contribution is -2.49. The van der Waals surface area contributed by atoms with Gasteiger partial charge in [0, 0.05) is 6.54 Å². The molecule has 1 aromatic rings. The van der Waals surface area contributed by atoms with Crippen molar-refractivity contribution in [3.63, 3.8) is 0 Å². The molecule has 1 aromatic carbocycles. The smallest absolute Gasteiger partial charge is 0.349 e. The lowest BCUT2D eigenvalue weighted by Gasteiger charge is -2.33. The zero-order chi connectivity index (χ0) is 16.4. The van der Waals surface area contributed by atoms with Gasteiger partial charge in [0.15, 0.2) is 0 Å². The maximum atomic E-state index is 12.8. The Morgan fingerprint density at radius 3 is 2.65 bits per heavy atom. The number of hydrogen-bond acceptors (Lipinski definition) is 2. The maximum Gasteiger partial charge on any atom is 0.416 e. The van der Waals surface area contributed by atoms with Gasteiger partial charge in [-0.2, -0.15) is 13.2 Å². The van der Waals surface area contributed by atoms with Crippen LogP contribution in [0, 0.1) is 5.41 Å². The summed E-state index contributed by atoms with van der Waals surface area (Å²) in [6.45, 7) is 5.07. The highest BCUT2D eigenvalue weighted by atomic mass is 35.5. The predicted molar refractivity (Wildman–Crippen MR) is 85.5 cm³/mol. The summed E-state index contributed by atoms with van der Waals surface area (Å²) in [6.07, 6.45) is -2.68. The van der Waals surface area contributed by atoms with E-state index in [0.29, 0.717) is 12.1 Å². The van der Waals surface area contributed by atoms with Crippen LogP contribution in [0.5, 0.6) is 0 Å². The SMILES string of the molecule is CC(NC(=O)C1(C)CCCNC1)c1cccc(C(F)(F)F)c1.Cl. The molecule has 2 unspecified atom stereocenters. The van der Waals surface area contributed by atoms with E-state index in [1.54, 1.807) is 13.0 Å². The Kier molecular flexibility index (Phi) is 6.48. The van der Waals surface area contributed by atoms with Gasteiger partial charge in [-0.3, -0.25) is 4.79 Å². The predicted octanol–water partition coefficient (Wildman–Crippen LogP) is 3.69. The van der Waals surface area contributed by atoms with Gasteiger partial charge >= 0.3 is 6.18 Å². The molecule has 130 valence electrons. The molecule has 0 radical (unpaired) electrons. The Morgan fingerprint density at radius 2 is 2.09 bits per heavy atom. The number of nitrogens with one attached hydrogen (secondary N) is 2. The number of rotatable bonds is 3. The fourth-order valence-corrected chi connectivity index (χ4v) is 2.69. The quantitative estimate of drug-likeness (QED) is 0.872. The first kappa shape index (κ1) is 19.8. The van der Waals surface area contributed by atoms with Crippen LogP contribution >= 0.6 is 12.4 Å². The molecule has 1 saturated heterocycles. The van der Waals surface area contributed by atoms with Crippen LogP contribution in [0.4, 0.5) is 13.2 Å². The van der Waals surface area contributed by atoms with Gasteiger partial charge in [-0.1, -0.05) is 12.1 Å². The average Bonchev–Trinajstić information content (AvgIpc) is 2.47. The molecule has 1 aliphatic heterocycles. The molecule has 7 heteroatoms. The van der Waals surface area contributed by atoms with E-state index in [0.717, 1.165) is 31.5 Å². The van der Waals surface area contributed by atoms with E-state index in [2.05, 4.69) is 10.6 Å². The second-order valence-corrected chi connectivity index (χ2v) is 6.16. The van der Waals surface area contributed by atoms with E-state index >= 15 is 0 Å². The molecule has 0 spiro atoms. The summed E-state index contributed by atoms with van der Waals surface area (Å²) in [4.78, 5) is 12.4. The van der Waals surface area contributed by atoms with E-state index in [9.17, 15) is 18.0 Å². The minimum atomic E-state index is -4.38. The number of halogens is 4. The van der Waals surface area contributed by atoms with E-state index < -0.39 is 23.2 Å². The van der Waals surface area contributed by atoms with Gasteiger partial charge < -0.3 is 10.6 Å². The Balaban J connectivity index is 0.00000264. The summed E-state index contributed by atoms with van der Waals surface area (Å²) in [7, 11) is 0. The number of piperidine rings is 1. The first-order valence-electron chi connectivity index (χ1n) is 7.41. The van der Waals surface area contributed by atoms with Crippen molar-refractivity contribution < 1.29 is 18.0 Å². The molecule has 23 heavy (non-hydrogen) atoms. The van der Waals surface area contributed by atoms with Gasteiger partial charge in [-0.05, 0) is 50.9 Å². The van der Waals surface area contributed by atoms with Crippen molar-refractivity contribution in [2.24, 2.45) is 5.41 Å². The summed E-state index contributed by atoms with van der Waals surface area (Å²) in [5, 5.41) is 6.03.